The van der Waals surface area contributed by atoms with Crippen LogP contribution in [0.5, 0.6) is 0 Å². The summed E-state index contributed by atoms with van der Waals surface area (Å²) in [6.07, 6.45) is -4.69. The normalized spacial score (nSPS) is 11.4. The number of halogens is 4. The van der Waals surface area contributed by atoms with Crippen LogP contribution in [0.25, 0.3) is 0 Å². The van der Waals surface area contributed by atoms with E-state index in [1.54, 1.807) is 6.07 Å². The number of nitrogens with zero attached hydrogens (tertiary/aromatic N) is 2. The Kier molecular flexibility index (Phi) is 3.73. The van der Waals surface area contributed by atoms with Crippen LogP contribution in [-0.2, 0) is 12.7 Å². The Morgan fingerprint density at radius 3 is 2.50 bits per heavy atom. The highest BCUT2D eigenvalue weighted by Gasteiger charge is 2.35. The van der Waals surface area contributed by atoms with Gasteiger partial charge in [0.05, 0.1) is 0 Å². The monoisotopic (exact) mass is 286 g/mol. The van der Waals surface area contributed by atoms with Crippen LogP contribution in [-0.4, -0.2) is 9.97 Å². The number of nitrogens with two attached hydrogens (primary N) is 1. The molecule has 0 amide bonds. The summed E-state index contributed by atoms with van der Waals surface area (Å²) in [5.74, 6) is -2.23. The predicted octanol–water partition coefficient (Wildman–Crippen LogP) is 2.83. The van der Waals surface area contributed by atoms with Crippen molar-refractivity contribution in [1.29, 1.82) is 0 Å². The van der Waals surface area contributed by atoms with Crippen LogP contribution >= 0.6 is 0 Å². The van der Waals surface area contributed by atoms with E-state index in [1.165, 1.54) is 18.2 Å². The summed E-state index contributed by atoms with van der Waals surface area (Å²) < 4.78 is 50.9. The first-order valence-corrected chi connectivity index (χ1v) is 5.55. The van der Waals surface area contributed by atoms with Gasteiger partial charge in [-0.15, -0.1) is 0 Å². The average molecular weight is 286 g/mol. The van der Waals surface area contributed by atoms with Crippen molar-refractivity contribution in [2.24, 2.45) is 0 Å². The zero-order valence-electron chi connectivity index (χ0n) is 10.1. The summed E-state index contributed by atoms with van der Waals surface area (Å²) >= 11 is 0. The van der Waals surface area contributed by atoms with E-state index in [9.17, 15) is 17.6 Å². The average Bonchev–Trinajstić information content (AvgIpc) is 2.36. The molecule has 1 heterocycles. The van der Waals surface area contributed by atoms with Crippen LogP contribution in [0.15, 0.2) is 30.3 Å². The second-order valence-corrected chi connectivity index (χ2v) is 3.94. The second kappa shape index (κ2) is 5.32. The highest BCUT2D eigenvalue weighted by molar-refractivity contribution is 5.45. The first-order valence-electron chi connectivity index (χ1n) is 5.55. The largest absolute Gasteiger partial charge is 0.451 e. The molecule has 0 radical (unpaired) electrons. The van der Waals surface area contributed by atoms with Crippen molar-refractivity contribution < 1.29 is 17.6 Å². The van der Waals surface area contributed by atoms with Gasteiger partial charge in [0.25, 0.3) is 0 Å². The molecule has 1 aromatic heterocycles. The molecule has 0 aliphatic rings. The lowest BCUT2D eigenvalue weighted by Crippen LogP contribution is -2.14. The molecule has 106 valence electrons. The zero-order chi connectivity index (χ0) is 14.8. The van der Waals surface area contributed by atoms with E-state index in [2.05, 4.69) is 15.3 Å². The number of hydrogen-bond acceptors (Lipinski definition) is 4. The molecule has 0 saturated heterocycles. The molecule has 8 heteroatoms. The van der Waals surface area contributed by atoms with E-state index in [0.717, 1.165) is 6.07 Å². The Morgan fingerprint density at radius 1 is 1.15 bits per heavy atom. The van der Waals surface area contributed by atoms with Gasteiger partial charge in [0, 0.05) is 18.2 Å². The molecule has 0 bridgehead atoms. The molecule has 20 heavy (non-hydrogen) atoms. The van der Waals surface area contributed by atoms with E-state index in [4.69, 9.17) is 5.73 Å². The van der Waals surface area contributed by atoms with Gasteiger partial charge in [0.1, 0.15) is 17.5 Å². The van der Waals surface area contributed by atoms with Gasteiger partial charge in [0.2, 0.25) is 5.82 Å². The molecule has 0 saturated carbocycles. The Balaban J connectivity index is 2.18. The van der Waals surface area contributed by atoms with E-state index in [0.29, 0.717) is 5.56 Å². The third kappa shape index (κ3) is 3.34. The molecule has 3 N–H and O–H groups in total. The summed E-state index contributed by atoms with van der Waals surface area (Å²) in [4.78, 5) is 6.41. The van der Waals surface area contributed by atoms with Crippen LogP contribution < -0.4 is 11.1 Å². The molecule has 0 fully saturated rings. The second-order valence-electron chi connectivity index (χ2n) is 3.94. The lowest BCUT2D eigenvalue weighted by molar-refractivity contribution is -0.144. The molecule has 2 rings (SSSR count). The molecular weight excluding hydrogens is 276 g/mol. The fraction of sp³-hybridized carbons (Fsp3) is 0.167. The molecule has 0 spiro atoms. The van der Waals surface area contributed by atoms with Crippen molar-refractivity contribution in [3.63, 3.8) is 0 Å². The van der Waals surface area contributed by atoms with E-state index in [-0.39, 0.29) is 18.2 Å². The quantitative estimate of drug-likeness (QED) is 0.852. The highest BCUT2D eigenvalue weighted by atomic mass is 19.4. The first-order chi connectivity index (χ1) is 9.36. The van der Waals surface area contributed by atoms with Crippen molar-refractivity contribution >= 4 is 11.6 Å². The van der Waals surface area contributed by atoms with Crippen molar-refractivity contribution in [2.75, 3.05) is 11.1 Å². The standard InChI is InChI=1S/C12H10F4N4/c13-8-4-2-1-3-7(8)6-18-10-5-9(17)19-11(20-10)12(14,15)16/h1-5H,6H2,(H3,17,18,19,20). The van der Waals surface area contributed by atoms with E-state index >= 15 is 0 Å². The molecule has 0 aliphatic carbocycles. The Hall–Kier alpha value is -2.38. The minimum Gasteiger partial charge on any atom is -0.384 e. The van der Waals surface area contributed by atoms with Crippen LogP contribution in [0, 0.1) is 5.82 Å². The fourth-order valence-corrected chi connectivity index (χ4v) is 1.51. The van der Waals surface area contributed by atoms with Crippen molar-refractivity contribution in [2.45, 2.75) is 12.7 Å². The summed E-state index contributed by atoms with van der Waals surface area (Å²) in [6.45, 7) is -0.0135. The third-order valence-electron chi connectivity index (χ3n) is 2.42. The maximum absolute atomic E-state index is 13.4. The maximum atomic E-state index is 13.4. The lowest BCUT2D eigenvalue weighted by Gasteiger charge is -2.10. The summed E-state index contributed by atoms with van der Waals surface area (Å²) in [5.41, 5.74) is 5.59. The number of nitrogens with one attached hydrogen (secondary N) is 1. The topological polar surface area (TPSA) is 63.8 Å². The number of alkyl halides is 3. The fourth-order valence-electron chi connectivity index (χ4n) is 1.51. The SMILES string of the molecule is Nc1cc(NCc2ccccc2F)nc(C(F)(F)F)n1. The smallest absolute Gasteiger partial charge is 0.384 e. The van der Waals surface area contributed by atoms with Crippen LogP contribution in [0.2, 0.25) is 0 Å². The van der Waals surface area contributed by atoms with Crippen molar-refractivity contribution in [1.82, 2.24) is 9.97 Å². The minimum atomic E-state index is -4.69. The van der Waals surface area contributed by atoms with Crippen LogP contribution in [0.4, 0.5) is 29.2 Å². The highest BCUT2D eigenvalue weighted by Crippen LogP contribution is 2.27. The number of benzene rings is 1. The Labute approximate surface area is 111 Å². The molecule has 0 unspecified atom stereocenters. The molecule has 2 aromatic rings. The van der Waals surface area contributed by atoms with Crippen LogP contribution in [0.1, 0.15) is 11.4 Å². The number of aromatic nitrogens is 2. The first kappa shape index (κ1) is 14.0. The summed E-state index contributed by atoms with van der Waals surface area (Å²) in [6, 6.07) is 7.05. The molecular formula is C12H10F4N4. The van der Waals surface area contributed by atoms with Crippen molar-refractivity contribution in [3.8, 4) is 0 Å². The molecule has 0 atom stereocenters. The van der Waals surface area contributed by atoms with Gasteiger partial charge in [-0.05, 0) is 6.07 Å². The van der Waals surface area contributed by atoms with Crippen molar-refractivity contribution in [3.05, 3.63) is 47.5 Å². The number of nitrogen functional groups attached to an aromatic ring is 1. The van der Waals surface area contributed by atoms with E-state index < -0.39 is 17.8 Å². The Morgan fingerprint density at radius 2 is 1.85 bits per heavy atom. The molecule has 4 nitrogen and oxygen atoms in total. The lowest BCUT2D eigenvalue weighted by atomic mass is 10.2. The predicted molar refractivity (Wildman–Crippen MR) is 65.2 cm³/mol. The maximum Gasteiger partial charge on any atom is 0.451 e. The minimum absolute atomic E-state index is 0.0135. The van der Waals surface area contributed by atoms with Gasteiger partial charge < -0.3 is 11.1 Å². The summed E-state index contributed by atoms with van der Waals surface area (Å²) in [7, 11) is 0. The molecule has 0 aliphatic heterocycles. The van der Waals surface area contributed by atoms with Gasteiger partial charge in [-0.1, -0.05) is 18.2 Å². The molecule has 1 aromatic carbocycles. The van der Waals surface area contributed by atoms with E-state index in [1.807, 2.05) is 0 Å². The number of anilines is 2. The number of rotatable bonds is 3. The van der Waals surface area contributed by atoms with Gasteiger partial charge in [0.15, 0.2) is 0 Å². The van der Waals surface area contributed by atoms with Gasteiger partial charge in [-0.2, -0.15) is 13.2 Å². The third-order valence-corrected chi connectivity index (χ3v) is 2.42. The Bertz CT molecular complexity index is 613. The van der Waals surface area contributed by atoms with Gasteiger partial charge in [-0.25, -0.2) is 14.4 Å². The van der Waals surface area contributed by atoms with Gasteiger partial charge in [-0.3, -0.25) is 0 Å². The van der Waals surface area contributed by atoms with Crippen LogP contribution in [0.3, 0.4) is 0 Å². The number of hydrogen-bond donors (Lipinski definition) is 2. The van der Waals surface area contributed by atoms with Gasteiger partial charge >= 0.3 is 6.18 Å². The zero-order valence-corrected chi connectivity index (χ0v) is 10.1. The summed E-state index contributed by atoms with van der Waals surface area (Å²) in [5, 5.41) is 2.58.